The Labute approximate surface area is 182 Å². The van der Waals surface area contributed by atoms with Crippen LogP contribution in [0.4, 0.5) is 20.9 Å². The first-order chi connectivity index (χ1) is 14.5. The van der Waals surface area contributed by atoms with Crippen molar-refractivity contribution in [2.45, 2.75) is 6.92 Å². The van der Waals surface area contributed by atoms with Gasteiger partial charge in [-0.3, -0.25) is 4.79 Å². The van der Waals surface area contributed by atoms with E-state index in [0.717, 1.165) is 16.8 Å². The van der Waals surface area contributed by atoms with E-state index in [4.69, 9.17) is 11.6 Å². The van der Waals surface area contributed by atoms with Crippen LogP contribution in [0, 0.1) is 12.7 Å². The molecule has 1 aromatic heterocycles. The summed E-state index contributed by atoms with van der Waals surface area (Å²) in [5.41, 5.74) is 3.84. The molecule has 4 rings (SSSR count). The fourth-order valence-electron chi connectivity index (χ4n) is 2.84. The lowest BCUT2D eigenvalue weighted by molar-refractivity contribution is 0.103. The van der Waals surface area contributed by atoms with Gasteiger partial charge >= 0.3 is 0 Å². The molecule has 30 heavy (non-hydrogen) atoms. The highest BCUT2D eigenvalue weighted by Crippen LogP contribution is 2.33. The van der Waals surface area contributed by atoms with Gasteiger partial charge in [0, 0.05) is 16.9 Å². The van der Waals surface area contributed by atoms with Crippen molar-refractivity contribution >= 4 is 45.4 Å². The van der Waals surface area contributed by atoms with E-state index < -0.39 is 5.82 Å². The summed E-state index contributed by atoms with van der Waals surface area (Å²) in [5, 5.41) is 6.57. The number of aryl methyl sites for hydroxylation is 1. The second-order valence-corrected chi connectivity index (χ2v) is 8.04. The number of rotatable bonds is 5. The van der Waals surface area contributed by atoms with E-state index >= 15 is 0 Å². The van der Waals surface area contributed by atoms with Crippen molar-refractivity contribution in [1.29, 1.82) is 0 Å². The van der Waals surface area contributed by atoms with Crippen LogP contribution in [0.1, 0.15) is 15.2 Å². The zero-order valence-electron chi connectivity index (χ0n) is 15.9. The number of amides is 1. The zero-order valence-corrected chi connectivity index (χ0v) is 17.5. The third kappa shape index (κ3) is 4.50. The van der Waals surface area contributed by atoms with Crippen molar-refractivity contribution in [1.82, 2.24) is 4.98 Å². The Morgan fingerprint density at radius 1 is 1.00 bits per heavy atom. The van der Waals surface area contributed by atoms with Crippen LogP contribution < -0.4 is 10.6 Å². The quantitative estimate of drug-likeness (QED) is 0.356. The largest absolute Gasteiger partial charge is 0.332 e. The van der Waals surface area contributed by atoms with Gasteiger partial charge in [-0.05, 0) is 37.3 Å². The van der Waals surface area contributed by atoms with Crippen LogP contribution in [-0.4, -0.2) is 10.9 Å². The summed E-state index contributed by atoms with van der Waals surface area (Å²) in [6.07, 6.45) is 0. The van der Waals surface area contributed by atoms with Crippen LogP contribution in [-0.2, 0) is 0 Å². The van der Waals surface area contributed by atoms with E-state index in [1.54, 1.807) is 0 Å². The van der Waals surface area contributed by atoms with E-state index in [1.165, 1.54) is 29.5 Å². The number of anilines is 3. The van der Waals surface area contributed by atoms with Gasteiger partial charge in [-0.2, -0.15) is 0 Å². The number of benzene rings is 3. The van der Waals surface area contributed by atoms with Gasteiger partial charge in [0.2, 0.25) is 0 Å². The summed E-state index contributed by atoms with van der Waals surface area (Å²) in [7, 11) is 0. The Hall–Kier alpha value is -3.22. The molecule has 0 radical (unpaired) electrons. The predicted octanol–water partition coefficient (Wildman–Crippen LogP) is 6.91. The molecule has 1 heterocycles. The number of thiazole rings is 1. The molecule has 0 aliphatic heterocycles. The highest BCUT2D eigenvalue weighted by molar-refractivity contribution is 7.18. The minimum absolute atomic E-state index is 0.0536. The fourth-order valence-corrected chi connectivity index (χ4v) is 3.92. The van der Waals surface area contributed by atoms with Crippen molar-refractivity contribution in [3.63, 3.8) is 0 Å². The van der Waals surface area contributed by atoms with Crippen LogP contribution in [0.5, 0.6) is 0 Å². The SMILES string of the molecule is Cc1ccc(Nc2nc(-c3ccccc3)c(C(=O)Nc3ccc(F)c(Cl)c3)s2)cc1. The maximum Gasteiger partial charge on any atom is 0.268 e. The van der Waals surface area contributed by atoms with E-state index in [0.29, 0.717) is 21.4 Å². The number of hydrogen-bond donors (Lipinski definition) is 2. The Bertz CT molecular complexity index is 1190. The third-order valence-electron chi connectivity index (χ3n) is 4.36. The summed E-state index contributed by atoms with van der Waals surface area (Å²) in [6, 6.07) is 21.5. The van der Waals surface area contributed by atoms with Gasteiger partial charge in [-0.1, -0.05) is 71.0 Å². The highest BCUT2D eigenvalue weighted by Gasteiger charge is 2.20. The Morgan fingerprint density at radius 3 is 2.40 bits per heavy atom. The van der Waals surface area contributed by atoms with Gasteiger partial charge in [0.1, 0.15) is 10.7 Å². The number of carbonyl (C=O) groups is 1. The van der Waals surface area contributed by atoms with Crippen molar-refractivity contribution in [2.75, 3.05) is 10.6 Å². The molecule has 4 aromatic rings. The summed E-state index contributed by atoms with van der Waals surface area (Å²) < 4.78 is 13.4. The molecule has 0 fully saturated rings. The molecule has 150 valence electrons. The van der Waals surface area contributed by atoms with Gasteiger partial charge in [0.15, 0.2) is 5.13 Å². The summed E-state index contributed by atoms with van der Waals surface area (Å²) in [4.78, 5) is 18.1. The molecule has 4 nitrogen and oxygen atoms in total. The summed E-state index contributed by atoms with van der Waals surface area (Å²) in [5.74, 6) is -0.881. The van der Waals surface area contributed by atoms with Gasteiger partial charge in [0.25, 0.3) is 5.91 Å². The minimum Gasteiger partial charge on any atom is -0.332 e. The maximum absolute atomic E-state index is 13.4. The molecule has 0 aliphatic rings. The second kappa shape index (κ2) is 8.65. The molecule has 1 amide bonds. The smallest absolute Gasteiger partial charge is 0.268 e. The number of aromatic nitrogens is 1. The van der Waals surface area contributed by atoms with Crippen LogP contribution in [0.15, 0.2) is 72.8 Å². The Balaban J connectivity index is 1.67. The van der Waals surface area contributed by atoms with E-state index in [1.807, 2.05) is 61.5 Å². The van der Waals surface area contributed by atoms with Gasteiger partial charge in [-0.15, -0.1) is 0 Å². The number of hydrogen-bond acceptors (Lipinski definition) is 4. The molecular formula is C23H17ClFN3OS. The maximum atomic E-state index is 13.4. The van der Waals surface area contributed by atoms with Crippen LogP contribution in [0.2, 0.25) is 5.02 Å². The second-order valence-electron chi connectivity index (χ2n) is 6.64. The molecular weight excluding hydrogens is 421 g/mol. The highest BCUT2D eigenvalue weighted by atomic mass is 35.5. The molecule has 0 spiro atoms. The van der Waals surface area contributed by atoms with E-state index in [2.05, 4.69) is 15.6 Å². The fraction of sp³-hybridized carbons (Fsp3) is 0.0435. The van der Waals surface area contributed by atoms with Gasteiger partial charge in [-0.25, -0.2) is 9.37 Å². The molecule has 2 N–H and O–H groups in total. The minimum atomic E-state index is -0.540. The number of nitrogens with one attached hydrogen (secondary N) is 2. The zero-order chi connectivity index (χ0) is 21.1. The molecule has 0 aliphatic carbocycles. The standard InChI is InChI=1S/C23H17ClFN3OS/c1-14-7-9-16(10-8-14)27-23-28-20(15-5-3-2-4-6-15)21(30-23)22(29)26-17-11-12-19(25)18(24)13-17/h2-13H,1H3,(H,26,29)(H,27,28). The number of nitrogens with zero attached hydrogens (tertiary/aromatic N) is 1. The lowest BCUT2D eigenvalue weighted by Crippen LogP contribution is -2.11. The van der Waals surface area contributed by atoms with Crippen LogP contribution >= 0.6 is 22.9 Å². The molecule has 0 unspecified atom stereocenters. The van der Waals surface area contributed by atoms with Crippen molar-refractivity contribution in [2.24, 2.45) is 0 Å². The van der Waals surface area contributed by atoms with Crippen LogP contribution in [0.3, 0.4) is 0 Å². The van der Waals surface area contributed by atoms with Crippen molar-refractivity contribution in [3.05, 3.63) is 94.1 Å². The third-order valence-corrected chi connectivity index (χ3v) is 5.62. The first-order valence-electron chi connectivity index (χ1n) is 9.16. The average Bonchev–Trinajstić information content (AvgIpc) is 3.17. The first kappa shape index (κ1) is 20.1. The molecule has 0 saturated carbocycles. The monoisotopic (exact) mass is 437 g/mol. The van der Waals surface area contributed by atoms with E-state index in [9.17, 15) is 9.18 Å². The molecule has 0 saturated heterocycles. The van der Waals surface area contributed by atoms with Crippen molar-refractivity contribution in [3.8, 4) is 11.3 Å². The number of halogens is 2. The summed E-state index contributed by atoms with van der Waals surface area (Å²) in [6.45, 7) is 2.02. The number of carbonyl (C=O) groups excluding carboxylic acids is 1. The topological polar surface area (TPSA) is 54.0 Å². The average molecular weight is 438 g/mol. The molecule has 7 heteroatoms. The Morgan fingerprint density at radius 2 is 1.70 bits per heavy atom. The van der Waals surface area contributed by atoms with E-state index in [-0.39, 0.29) is 10.9 Å². The molecule has 0 atom stereocenters. The van der Waals surface area contributed by atoms with Crippen molar-refractivity contribution < 1.29 is 9.18 Å². The lowest BCUT2D eigenvalue weighted by atomic mass is 10.1. The molecule has 3 aromatic carbocycles. The Kier molecular flexibility index (Phi) is 5.79. The molecule has 0 bridgehead atoms. The summed E-state index contributed by atoms with van der Waals surface area (Å²) >= 11 is 7.08. The lowest BCUT2D eigenvalue weighted by Gasteiger charge is -2.06. The predicted molar refractivity (Wildman–Crippen MR) is 121 cm³/mol. The van der Waals surface area contributed by atoms with Gasteiger partial charge < -0.3 is 10.6 Å². The first-order valence-corrected chi connectivity index (χ1v) is 10.4. The van der Waals surface area contributed by atoms with Gasteiger partial charge in [0.05, 0.1) is 10.7 Å². The van der Waals surface area contributed by atoms with Crippen LogP contribution in [0.25, 0.3) is 11.3 Å². The normalized spacial score (nSPS) is 10.6.